The fourth-order valence-corrected chi connectivity index (χ4v) is 1.57. The Bertz CT molecular complexity index is 423. The lowest BCUT2D eigenvalue weighted by Crippen LogP contribution is -2.44. The molecular formula is C14H21N3O3. The van der Waals surface area contributed by atoms with E-state index in [4.69, 9.17) is 10.5 Å². The Morgan fingerprint density at radius 3 is 2.60 bits per heavy atom. The van der Waals surface area contributed by atoms with Crippen LogP contribution in [0.2, 0.25) is 0 Å². The van der Waals surface area contributed by atoms with Crippen LogP contribution in [0.3, 0.4) is 0 Å². The van der Waals surface area contributed by atoms with Gasteiger partial charge in [-0.2, -0.15) is 0 Å². The van der Waals surface area contributed by atoms with Crippen molar-refractivity contribution in [3.63, 3.8) is 0 Å². The first-order chi connectivity index (χ1) is 9.63. The minimum absolute atomic E-state index is 0.116. The summed E-state index contributed by atoms with van der Waals surface area (Å²) in [4.78, 5) is 23.0. The summed E-state index contributed by atoms with van der Waals surface area (Å²) in [6.07, 6.45) is 0.221. The molecule has 0 heterocycles. The maximum absolute atomic E-state index is 11.6. The summed E-state index contributed by atoms with van der Waals surface area (Å²) in [6, 6.07) is 8.92. The Hall–Kier alpha value is -1.92. The number of carbonyl (C=O) groups excluding carboxylic acids is 2. The van der Waals surface area contributed by atoms with Crippen molar-refractivity contribution in [2.45, 2.75) is 19.0 Å². The number of rotatable bonds is 8. The predicted octanol–water partition coefficient (Wildman–Crippen LogP) is -0.217. The van der Waals surface area contributed by atoms with E-state index in [2.05, 4.69) is 10.6 Å². The third kappa shape index (κ3) is 6.31. The minimum atomic E-state index is -0.702. The lowest BCUT2D eigenvalue weighted by Gasteiger charge is -2.11. The molecule has 4 N–H and O–H groups in total. The zero-order valence-corrected chi connectivity index (χ0v) is 11.6. The predicted molar refractivity (Wildman–Crippen MR) is 75.8 cm³/mol. The fourth-order valence-electron chi connectivity index (χ4n) is 1.57. The molecule has 0 aliphatic heterocycles. The van der Waals surface area contributed by atoms with Crippen LogP contribution >= 0.6 is 0 Å². The van der Waals surface area contributed by atoms with Crippen molar-refractivity contribution in [3.8, 4) is 0 Å². The van der Waals surface area contributed by atoms with Crippen LogP contribution in [0.1, 0.15) is 12.0 Å². The maximum Gasteiger partial charge on any atom is 0.239 e. The second-order valence-electron chi connectivity index (χ2n) is 4.37. The maximum atomic E-state index is 11.6. The van der Waals surface area contributed by atoms with Gasteiger partial charge in [0.2, 0.25) is 11.8 Å². The van der Waals surface area contributed by atoms with Gasteiger partial charge in [-0.25, -0.2) is 0 Å². The molecule has 6 nitrogen and oxygen atoms in total. The molecule has 2 amide bonds. The monoisotopic (exact) mass is 279 g/mol. The van der Waals surface area contributed by atoms with E-state index in [1.165, 1.54) is 7.11 Å². The lowest BCUT2D eigenvalue weighted by molar-refractivity contribution is -0.124. The minimum Gasteiger partial charge on any atom is -0.383 e. The summed E-state index contributed by atoms with van der Waals surface area (Å²) in [7, 11) is 1.48. The van der Waals surface area contributed by atoms with Gasteiger partial charge < -0.3 is 21.1 Å². The summed E-state index contributed by atoms with van der Waals surface area (Å²) in [6.45, 7) is 0.902. The molecule has 0 bridgehead atoms. The van der Waals surface area contributed by atoms with Crippen molar-refractivity contribution in [2.75, 3.05) is 20.3 Å². The third-order valence-electron chi connectivity index (χ3n) is 2.67. The van der Waals surface area contributed by atoms with Gasteiger partial charge in [0.25, 0.3) is 0 Å². The Morgan fingerprint density at radius 1 is 1.25 bits per heavy atom. The summed E-state index contributed by atoms with van der Waals surface area (Å²) in [5.74, 6) is -0.433. The molecule has 1 atom stereocenters. The highest BCUT2D eigenvalue weighted by atomic mass is 16.5. The van der Waals surface area contributed by atoms with E-state index in [9.17, 15) is 9.59 Å². The van der Waals surface area contributed by atoms with Crippen LogP contribution in [0.4, 0.5) is 0 Å². The van der Waals surface area contributed by atoms with Crippen LogP contribution in [-0.4, -0.2) is 38.1 Å². The summed E-state index contributed by atoms with van der Waals surface area (Å²) in [5, 5.41) is 5.37. The quantitative estimate of drug-likeness (QED) is 0.613. The van der Waals surface area contributed by atoms with Crippen LogP contribution in [0.15, 0.2) is 30.3 Å². The Labute approximate surface area is 118 Å². The standard InChI is InChI=1S/C14H21N3O3/c1-20-10-12(15)14(19)16-8-7-13(18)17-9-11-5-3-2-4-6-11/h2-6,12H,7-10,15H2,1H3,(H,16,19)(H,17,18). The highest BCUT2D eigenvalue weighted by molar-refractivity contribution is 5.82. The second kappa shape index (κ2) is 9.06. The largest absolute Gasteiger partial charge is 0.383 e. The molecule has 0 aromatic heterocycles. The van der Waals surface area contributed by atoms with Gasteiger partial charge in [0, 0.05) is 26.6 Å². The molecule has 0 saturated carbocycles. The van der Waals surface area contributed by atoms with Crippen molar-refractivity contribution in [1.82, 2.24) is 10.6 Å². The van der Waals surface area contributed by atoms with E-state index in [1.807, 2.05) is 30.3 Å². The van der Waals surface area contributed by atoms with Gasteiger partial charge in [0.1, 0.15) is 6.04 Å². The van der Waals surface area contributed by atoms with Gasteiger partial charge in [-0.15, -0.1) is 0 Å². The van der Waals surface area contributed by atoms with Gasteiger partial charge in [-0.1, -0.05) is 30.3 Å². The molecule has 6 heteroatoms. The molecule has 0 fully saturated rings. The lowest BCUT2D eigenvalue weighted by atomic mass is 10.2. The Kier molecular flexibility index (Phi) is 7.31. The second-order valence-corrected chi connectivity index (χ2v) is 4.37. The fraction of sp³-hybridized carbons (Fsp3) is 0.429. The molecule has 0 spiro atoms. The first-order valence-corrected chi connectivity index (χ1v) is 6.46. The highest BCUT2D eigenvalue weighted by Gasteiger charge is 2.12. The van der Waals surface area contributed by atoms with E-state index in [0.29, 0.717) is 6.54 Å². The Morgan fingerprint density at radius 2 is 1.95 bits per heavy atom. The topological polar surface area (TPSA) is 93.4 Å². The molecule has 1 rings (SSSR count). The molecule has 0 aliphatic rings. The molecule has 1 aromatic rings. The van der Waals surface area contributed by atoms with Gasteiger partial charge in [-0.05, 0) is 5.56 Å². The number of benzene rings is 1. The van der Waals surface area contributed by atoms with E-state index in [0.717, 1.165) is 5.56 Å². The van der Waals surface area contributed by atoms with Gasteiger partial charge in [0.15, 0.2) is 0 Å². The molecule has 0 aliphatic carbocycles. The normalized spacial score (nSPS) is 11.7. The number of amides is 2. The number of nitrogens with one attached hydrogen (secondary N) is 2. The average molecular weight is 279 g/mol. The smallest absolute Gasteiger partial charge is 0.239 e. The van der Waals surface area contributed by atoms with Crippen molar-refractivity contribution < 1.29 is 14.3 Å². The molecule has 1 unspecified atom stereocenters. The van der Waals surface area contributed by atoms with Crippen LogP contribution in [0.5, 0.6) is 0 Å². The molecule has 1 aromatic carbocycles. The molecule has 110 valence electrons. The van der Waals surface area contributed by atoms with Crippen LogP contribution in [0, 0.1) is 0 Å². The van der Waals surface area contributed by atoms with Crippen LogP contribution in [-0.2, 0) is 20.9 Å². The van der Waals surface area contributed by atoms with Crippen molar-refractivity contribution >= 4 is 11.8 Å². The highest BCUT2D eigenvalue weighted by Crippen LogP contribution is 1.97. The first-order valence-electron chi connectivity index (χ1n) is 6.46. The van der Waals surface area contributed by atoms with E-state index >= 15 is 0 Å². The number of nitrogens with two attached hydrogens (primary N) is 1. The Balaban J connectivity index is 2.16. The zero-order chi connectivity index (χ0) is 14.8. The molecule has 0 saturated heterocycles. The van der Waals surface area contributed by atoms with E-state index in [-0.39, 0.29) is 31.4 Å². The number of ether oxygens (including phenoxy) is 1. The average Bonchev–Trinajstić information content (AvgIpc) is 2.46. The SMILES string of the molecule is COCC(N)C(=O)NCCC(=O)NCc1ccccc1. The summed E-state index contributed by atoms with van der Waals surface area (Å²) in [5.41, 5.74) is 6.58. The number of hydrogen-bond acceptors (Lipinski definition) is 4. The molecular weight excluding hydrogens is 258 g/mol. The van der Waals surface area contributed by atoms with Gasteiger partial charge in [0.05, 0.1) is 6.61 Å². The van der Waals surface area contributed by atoms with Crippen LogP contribution < -0.4 is 16.4 Å². The van der Waals surface area contributed by atoms with E-state index < -0.39 is 6.04 Å². The summed E-state index contributed by atoms with van der Waals surface area (Å²) < 4.78 is 4.77. The third-order valence-corrected chi connectivity index (χ3v) is 2.67. The van der Waals surface area contributed by atoms with Gasteiger partial charge in [-0.3, -0.25) is 9.59 Å². The van der Waals surface area contributed by atoms with Crippen LogP contribution in [0.25, 0.3) is 0 Å². The van der Waals surface area contributed by atoms with Crippen molar-refractivity contribution in [3.05, 3.63) is 35.9 Å². The van der Waals surface area contributed by atoms with Crippen molar-refractivity contribution in [2.24, 2.45) is 5.73 Å². The first kappa shape index (κ1) is 16.1. The van der Waals surface area contributed by atoms with Crippen molar-refractivity contribution in [1.29, 1.82) is 0 Å². The molecule has 0 radical (unpaired) electrons. The molecule has 20 heavy (non-hydrogen) atoms. The van der Waals surface area contributed by atoms with Gasteiger partial charge >= 0.3 is 0 Å². The zero-order valence-electron chi connectivity index (χ0n) is 11.6. The number of hydrogen-bond donors (Lipinski definition) is 3. The van der Waals surface area contributed by atoms with E-state index in [1.54, 1.807) is 0 Å². The summed E-state index contributed by atoms with van der Waals surface area (Å²) >= 11 is 0. The number of carbonyl (C=O) groups is 2. The number of methoxy groups -OCH3 is 1.